The van der Waals surface area contributed by atoms with E-state index in [1.54, 1.807) is 28.6 Å². The van der Waals surface area contributed by atoms with Gasteiger partial charge in [0, 0.05) is 24.7 Å². The third kappa shape index (κ3) is 7.25. The van der Waals surface area contributed by atoms with Gasteiger partial charge in [0.05, 0.1) is 4.90 Å². The summed E-state index contributed by atoms with van der Waals surface area (Å²) in [5.74, 6) is -1.01. The maximum absolute atomic E-state index is 12.8. The largest absolute Gasteiger partial charge is 0.449 e. The Bertz CT molecular complexity index is 862. The lowest BCUT2D eigenvalue weighted by Crippen LogP contribution is -2.46. The third-order valence-electron chi connectivity index (χ3n) is 4.66. The van der Waals surface area contributed by atoms with Gasteiger partial charge < -0.3 is 10.1 Å². The van der Waals surface area contributed by atoms with Crippen LogP contribution in [0.3, 0.4) is 0 Å². The zero-order valence-electron chi connectivity index (χ0n) is 18.2. The SMILES string of the molecule is CC(OC(=O)/C=C/c1ccc(S(=O)(=O)N2CCCCCC2)cc1)C(=O)NC(C)(C)C. The molecule has 0 aromatic heterocycles. The fourth-order valence-electron chi connectivity index (χ4n) is 3.08. The van der Waals surface area contributed by atoms with Crippen molar-refractivity contribution in [2.24, 2.45) is 0 Å². The molecule has 2 rings (SSSR count). The van der Waals surface area contributed by atoms with Gasteiger partial charge in [-0.25, -0.2) is 13.2 Å². The number of ether oxygens (including phenoxy) is 1. The monoisotopic (exact) mass is 436 g/mol. The highest BCUT2D eigenvalue weighted by molar-refractivity contribution is 7.89. The van der Waals surface area contributed by atoms with Crippen LogP contribution < -0.4 is 5.32 Å². The van der Waals surface area contributed by atoms with Crippen LogP contribution in [0.25, 0.3) is 6.08 Å². The quantitative estimate of drug-likeness (QED) is 0.546. The summed E-state index contributed by atoms with van der Waals surface area (Å²) in [7, 11) is -3.50. The lowest BCUT2D eigenvalue weighted by molar-refractivity contribution is -0.150. The van der Waals surface area contributed by atoms with E-state index in [1.165, 1.54) is 19.1 Å². The van der Waals surface area contributed by atoms with Crippen LogP contribution in [0.1, 0.15) is 58.9 Å². The number of carbonyl (C=O) groups is 2. The molecule has 7 nitrogen and oxygen atoms in total. The van der Waals surface area contributed by atoms with Gasteiger partial charge in [-0.2, -0.15) is 4.31 Å². The number of carbonyl (C=O) groups excluding carboxylic acids is 2. The van der Waals surface area contributed by atoms with Gasteiger partial charge in [-0.3, -0.25) is 4.79 Å². The Kier molecular flexibility index (Phi) is 8.20. The van der Waals surface area contributed by atoms with Crippen LogP contribution in [0.4, 0.5) is 0 Å². The summed E-state index contributed by atoms with van der Waals surface area (Å²) in [5, 5.41) is 2.75. The van der Waals surface area contributed by atoms with Gasteiger partial charge >= 0.3 is 5.97 Å². The van der Waals surface area contributed by atoms with E-state index in [0.717, 1.165) is 25.7 Å². The van der Waals surface area contributed by atoms with Crippen LogP contribution >= 0.6 is 0 Å². The van der Waals surface area contributed by atoms with Crippen LogP contribution in [-0.4, -0.2) is 49.3 Å². The molecule has 1 aromatic rings. The van der Waals surface area contributed by atoms with Gasteiger partial charge in [-0.15, -0.1) is 0 Å². The molecule has 0 aliphatic carbocycles. The molecule has 1 amide bonds. The minimum atomic E-state index is -3.50. The summed E-state index contributed by atoms with van der Waals surface area (Å²) in [4.78, 5) is 24.2. The summed E-state index contributed by atoms with van der Waals surface area (Å²) in [5.41, 5.74) is 0.247. The average molecular weight is 437 g/mol. The molecule has 1 fully saturated rings. The molecule has 1 unspecified atom stereocenters. The molecule has 0 radical (unpaired) electrons. The Morgan fingerprint density at radius 2 is 1.63 bits per heavy atom. The van der Waals surface area contributed by atoms with Crippen molar-refractivity contribution in [1.29, 1.82) is 0 Å². The van der Waals surface area contributed by atoms with E-state index >= 15 is 0 Å². The normalized spacial score (nSPS) is 17.3. The number of rotatable bonds is 6. The van der Waals surface area contributed by atoms with E-state index in [4.69, 9.17) is 4.74 Å². The number of hydrogen-bond acceptors (Lipinski definition) is 5. The molecule has 1 aliphatic heterocycles. The van der Waals surface area contributed by atoms with E-state index in [-0.39, 0.29) is 10.8 Å². The van der Waals surface area contributed by atoms with Crippen molar-refractivity contribution in [3.8, 4) is 0 Å². The summed E-state index contributed by atoms with van der Waals surface area (Å²) in [6, 6.07) is 6.38. The van der Waals surface area contributed by atoms with Gasteiger partial charge in [0.15, 0.2) is 6.10 Å². The first-order valence-electron chi connectivity index (χ1n) is 10.3. The molecule has 166 valence electrons. The minimum absolute atomic E-state index is 0.247. The zero-order chi connectivity index (χ0) is 22.4. The number of hydrogen-bond donors (Lipinski definition) is 1. The Hall–Kier alpha value is -2.19. The molecule has 0 saturated carbocycles. The number of sulfonamides is 1. The van der Waals surface area contributed by atoms with Crippen molar-refractivity contribution in [3.05, 3.63) is 35.9 Å². The zero-order valence-corrected chi connectivity index (χ0v) is 19.0. The molecule has 30 heavy (non-hydrogen) atoms. The molecule has 1 atom stereocenters. The van der Waals surface area contributed by atoms with Crippen molar-refractivity contribution in [1.82, 2.24) is 9.62 Å². The number of amides is 1. The smallest absolute Gasteiger partial charge is 0.331 e. The molecule has 1 saturated heterocycles. The first-order chi connectivity index (χ1) is 14.0. The summed E-state index contributed by atoms with van der Waals surface area (Å²) in [6.45, 7) is 8.14. The highest BCUT2D eigenvalue weighted by atomic mass is 32.2. The number of nitrogens with zero attached hydrogens (tertiary/aromatic N) is 1. The molecule has 1 aromatic carbocycles. The van der Waals surface area contributed by atoms with Gasteiger partial charge in [-0.05, 0) is 64.3 Å². The van der Waals surface area contributed by atoms with Gasteiger partial charge in [-0.1, -0.05) is 25.0 Å². The Morgan fingerprint density at radius 1 is 1.07 bits per heavy atom. The van der Waals surface area contributed by atoms with Crippen LogP contribution in [0.2, 0.25) is 0 Å². The van der Waals surface area contributed by atoms with Crippen molar-refractivity contribution in [3.63, 3.8) is 0 Å². The maximum atomic E-state index is 12.8. The van der Waals surface area contributed by atoms with Crippen molar-refractivity contribution < 1.29 is 22.7 Å². The van der Waals surface area contributed by atoms with E-state index < -0.39 is 27.6 Å². The van der Waals surface area contributed by atoms with Crippen LogP contribution in [-0.2, 0) is 24.3 Å². The third-order valence-corrected chi connectivity index (χ3v) is 6.57. The van der Waals surface area contributed by atoms with E-state index in [0.29, 0.717) is 18.7 Å². The molecule has 1 aliphatic rings. The first kappa shape index (κ1) is 24.1. The predicted octanol–water partition coefficient (Wildman–Crippen LogP) is 3.11. The Balaban J connectivity index is 1.97. The standard InChI is InChI=1S/C22H32N2O5S/c1-17(21(26)23-22(2,3)4)29-20(25)14-11-18-9-12-19(13-10-18)30(27,28)24-15-7-5-6-8-16-24/h9-14,17H,5-8,15-16H2,1-4H3,(H,23,26)/b14-11+. The highest BCUT2D eigenvalue weighted by Gasteiger charge is 2.25. The highest BCUT2D eigenvalue weighted by Crippen LogP contribution is 2.21. The molecule has 0 spiro atoms. The number of nitrogens with one attached hydrogen (secondary N) is 1. The molecular weight excluding hydrogens is 404 g/mol. The van der Waals surface area contributed by atoms with Gasteiger partial charge in [0.1, 0.15) is 0 Å². The second-order valence-corrected chi connectivity index (χ2v) is 10.5. The van der Waals surface area contributed by atoms with Gasteiger partial charge in [0.25, 0.3) is 5.91 Å². The lowest BCUT2D eigenvalue weighted by Gasteiger charge is -2.22. The van der Waals surface area contributed by atoms with Crippen molar-refractivity contribution >= 4 is 28.0 Å². The van der Waals surface area contributed by atoms with Crippen molar-refractivity contribution in [2.45, 2.75) is 69.9 Å². The second-order valence-electron chi connectivity index (χ2n) is 8.54. The number of esters is 1. The molecule has 1 N–H and O–H groups in total. The summed E-state index contributed by atoms with van der Waals surface area (Å²) >= 11 is 0. The van der Waals surface area contributed by atoms with Crippen LogP contribution in [0.15, 0.2) is 35.2 Å². The van der Waals surface area contributed by atoms with E-state index in [9.17, 15) is 18.0 Å². The minimum Gasteiger partial charge on any atom is -0.449 e. The first-order valence-corrected chi connectivity index (χ1v) is 11.7. The number of benzene rings is 1. The second kappa shape index (κ2) is 10.2. The average Bonchev–Trinajstić information content (AvgIpc) is 2.95. The summed E-state index contributed by atoms with van der Waals surface area (Å²) < 4.78 is 32.3. The topological polar surface area (TPSA) is 92.8 Å². The molecule has 0 bridgehead atoms. The molecule has 1 heterocycles. The Labute approximate surface area is 179 Å². The maximum Gasteiger partial charge on any atom is 0.331 e. The van der Waals surface area contributed by atoms with Gasteiger partial charge in [0.2, 0.25) is 10.0 Å². The predicted molar refractivity (Wildman–Crippen MR) is 116 cm³/mol. The fraction of sp³-hybridized carbons (Fsp3) is 0.545. The molecular formula is C22H32N2O5S. The summed E-state index contributed by atoms with van der Waals surface area (Å²) in [6.07, 6.45) is 5.72. The lowest BCUT2D eigenvalue weighted by atomic mass is 10.1. The Morgan fingerprint density at radius 3 is 2.17 bits per heavy atom. The van der Waals surface area contributed by atoms with Crippen LogP contribution in [0.5, 0.6) is 0 Å². The fourth-order valence-corrected chi connectivity index (χ4v) is 4.60. The van der Waals surface area contributed by atoms with E-state index in [1.807, 2.05) is 20.8 Å². The van der Waals surface area contributed by atoms with Crippen LogP contribution in [0, 0.1) is 0 Å². The molecule has 8 heteroatoms. The van der Waals surface area contributed by atoms with Crippen molar-refractivity contribution in [2.75, 3.05) is 13.1 Å². The van der Waals surface area contributed by atoms with E-state index in [2.05, 4.69) is 5.32 Å².